The Hall–Kier alpha value is -0.650. The molecule has 0 spiro atoms. The number of morpholine rings is 1. The van der Waals surface area contributed by atoms with Gasteiger partial charge in [-0.25, -0.2) is 0 Å². The van der Waals surface area contributed by atoms with Gasteiger partial charge in [0.2, 0.25) is 5.91 Å². The average molecular weight is 242 g/mol. The van der Waals surface area contributed by atoms with E-state index in [9.17, 15) is 4.79 Å². The summed E-state index contributed by atoms with van der Waals surface area (Å²) in [4.78, 5) is 13.8. The molecule has 0 bridgehead atoms. The van der Waals surface area contributed by atoms with Crippen LogP contribution in [0.2, 0.25) is 0 Å². The molecule has 1 amide bonds. The SMILES string of the molecule is CC1CN(C(=O)COC2(C)CNC2)CC(C)O1. The molecule has 2 aliphatic rings. The van der Waals surface area contributed by atoms with Crippen molar-refractivity contribution in [3.05, 3.63) is 0 Å². The summed E-state index contributed by atoms with van der Waals surface area (Å²) in [5, 5.41) is 3.15. The molecule has 17 heavy (non-hydrogen) atoms. The number of carbonyl (C=O) groups excluding carboxylic acids is 1. The molecule has 0 aromatic carbocycles. The van der Waals surface area contributed by atoms with Crippen molar-refractivity contribution in [3.8, 4) is 0 Å². The molecule has 0 radical (unpaired) electrons. The third kappa shape index (κ3) is 3.18. The predicted octanol–water partition coefficient (Wildman–Crippen LogP) is 0.000700. The maximum atomic E-state index is 12.0. The first-order valence-corrected chi connectivity index (χ1v) is 6.26. The van der Waals surface area contributed by atoms with E-state index in [1.165, 1.54) is 0 Å². The molecule has 2 saturated heterocycles. The zero-order valence-electron chi connectivity index (χ0n) is 10.9. The zero-order chi connectivity index (χ0) is 12.5. The number of carbonyl (C=O) groups is 1. The number of hydrogen-bond donors (Lipinski definition) is 1. The lowest BCUT2D eigenvalue weighted by Crippen LogP contribution is -2.60. The van der Waals surface area contributed by atoms with Crippen LogP contribution in [0.15, 0.2) is 0 Å². The van der Waals surface area contributed by atoms with Crippen molar-refractivity contribution in [3.63, 3.8) is 0 Å². The quantitative estimate of drug-likeness (QED) is 0.757. The van der Waals surface area contributed by atoms with E-state index >= 15 is 0 Å². The monoisotopic (exact) mass is 242 g/mol. The molecule has 2 fully saturated rings. The Bertz CT molecular complexity index is 281. The van der Waals surface area contributed by atoms with Gasteiger partial charge in [-0.1, -0.05) is 0 Å². The van der Waals surface area contributed by atoms with Crippen molar-refractivity contribution in [2.24, 2.45) is 0 Å². The molecular weight excluding hydrogens is 220 g/mol. The topological polar surface area (TPSA) is 50.8 Å². The number of hydrogen-bond acceptors (Lipinski definition) is 4. The highest BCUT2D eigenvalue weighted by atomic mass is 16.5. The molecule has 0 aromatic heterocycles. The minimum atomic E-state index is -0.154. The first-order valence-electron chi connectivity index (χ1n) is 6.26. The summed E-state index contributed by atoms with van der Waals surface area (Å²) >= 11 is 0. The maximum absolute atomic E-state index is 12.0. The lowest BCUT2D eigenvalue weighted by molar-refractivity contribution is -0.156. The molecule has 2 heterocycles. The second kappa shape index (κ2) is 4.92. The van der Waals surface area contributed by atoms with Crippen LogP contribution in [0.4, 0.5) is 0 Å². The molecule has 0 aromatic rings. The van der Waals surface area contributed by atoms with E-state index in [1.54, 1.807) is 0 Å². The largest absolute Gasteiger partial charge is 0.372 e. The molecule has 2 unspecified atom stereocenters. The fraction of sp³-hybridized carbons (Fsp3) is 0.917. The van der Waals surface area contributed by atoms with E-state index in [0.29, 0.717) is 13.1 Å². The second-order valence-corrected chi connectivity index (χ2v) is 5.40. The van der Waals surface area contributed by atoms with Gasteiger partial charge in [0.1, 0.15) is 6.61 Å². The van der Waals surface area contributed by atoms with E-state index in [2.05, 4.69) is 5.32 Å². The van der Waals surface area contributed by atoms with Gasteiger partial charge in [0.15, 0.2) is 0 Å². The molecule has 2 aliphatic heterocycles. The van der Waals surface area contributed by atoms with Crippen LogP contribution in [0.5, 0.6) is 0 Å². The second-order valence-electron chi connectivity index (χ2n) is 5.40. The predicted molar refractivity (Wildman–Crippen MR) is 63.8 cm³/mol. The lowest BCUT2D eigenvalue weighted by atomic mass is 10.0. The summed E-state index contributed by atoms with van der Waals surface area (Å²) in [5.74, 6) is 0.0696. The summed E-state index contributed by atoms with van der Waals surface area (Å²) < 4.78 is 11.3. The van der Waals surface area contributed by atoms with Crippen LogP contribution < -0.4 is 5.32 Å². The van der Waals surface area contributed by atoms with Gasteiger partial charge < -0.3 is 19.7 Å². The minimum Gasteiger partial charge on any atom is -0.372 e. The van der Waals surface area contributed by atoms with Crippen molar-refractivity contribution < 1.29 is 14.3 Å². The van der Waals surface area contributed by atoms with Gasteiger partial charge in [0, 0.05) is 26.2 Å². The molecule has 0 aliphatic carbocycles. The summed E-state index contributed by atoms with van der Waals surface area (Å²) in [6.45, 7) is 9.19. The maximum Gasteiger partial charge on any atom is 0.248 e. The van der Waals surface area contributed by atoms with Gasteiger partial charge in [-0.15, -0.1) is 0 Å². The Kier molecular flexibility index (Phi) is 3.70. The van der Waals surface area contributed by atoms with Crippen molar-refractivity contribution in [2.75, 3.05) is 32.8 Å². The van der Waals surface area contributed by atoms with Gasteiger partial charge in [0.25, 0.3) is 0 Å². The first kappa shape index (κ1) is 12.8. The Morgan fingerprint density at radius 1 is 1.41 bits per heavy atom. The Morgan fingerprint density at radius 3 is 2.47 bits per heavy atom. The fourth-order valence-corrected chi connectivity index (χ4v) is 2.29. The van der Waals surface area contributed by atoms with Gasteiger partial charge in [-0.3, -0.25) is 4.79 Å². The van der Waals surface area contributed by atoms with Crippen LogP contribution >= 0.6 is 0 Å². The highest BCUT2D eigenvalue weighted by Gasteiger charge is 2.34. The smallest absolute Gasteiger partial charge is 0.248 e. The number of nitrogens with zero attached hydrogens (tertiary/aromatic N) is 1. The van der Waals surface area contributed by atoms with Crippen molar-refractivity contribution in [1.82, 2.24) is 10.2 Å². The number of nitrogens with one attached hydrogen (secondary N) is 1. The van der Waals surface area contributed by atoms with Gasteiger partial charge >= 0.3 is 0 Å². The normalized spacial score (nSPS) is 32.1. The van der Waals surface area contributed by atoms with E-state index in [0.717, 1.165) is 13.1 Å². The van der Waals surface area contributed by atoms with Gasteiger partial charge in [-0.05, 0) is 20.8 Å². The lowest BCUT2D eigenvalue weighted by Gasteiger charge is -2.40. The molecule has 98 valence electrons. The Balaban J connectivity index is 1.78. The highest BCUT2D eigenvalue weighted by Crippen LogP contribution is 2.16. The van der Waals surface area contributed by atoms with Crippen molar-refractivity contribution in [2.45, 2.75) is 38.6 Å². The number of ether oxygens (including phenoxy) is 2. The summed E-state index contributed by atoms with van der Waals surface area (Å²) in [6.07, 6.45) is 0.229. The van der Waals surface area contributed by atoms with E-state index < -0.39 is 0 Å². The third-order valence-corrected chi connectivity index (χ3v) is 3.31. The van der Waals surface area contributed by atoms with Crippen LogP contribution in [-0.4, -0.2) is 61.4 Å². The third-order valence-electron chi connectivity index (χ3n) is 3.31. The summed E-state index contributed by atoms with van der Waals surface area (Å²) in [6, 6.07) is 0. The first-order chi connectivity index (χ1) is 7.98. The summed E-state index contributed by atoms with van der Waals surface area (Å²) in [5.41, 5.74) is -0.154. The molecule has 5 nitrogen and oxygen atoms in total. The molecule has 2 rings (SSSR count). The summed E-state index contributed by atoms with van der Waals surface area (Å²) in [7, 11) is 0. The average Bonchev–Trinajstić information content (AvgIpc) is 2.22. The van der Waals surface area contributed by atoms with Gasteiger partial charge in [-0.2, -0.15) is 0 Å². The highest BCUT2D eigenvalue weighted by molar-refractivity contribution is 5.77. The number of rotatable bonds is 3. The molecule has 0 saturated carbocycles. The molecular formula is C12H22N2O3. The van der Waals surface area contributed by atoms with E-state index in [1.807, 2.05) is 25.7 Å². The van der Waals surface area contributed by atoms with Crippen molar-refractivity contribution >= 4 is 5.91 Å². The van der Waals surface area contributed by atoms with Gasteiger partial charge in [0.05, 0.1) is 17.8 Å². The van der Waals surface area contributed by atoms with Crippen LogP contribution in [0, 0.1) is 0 Å². The minimum absolute atomic E-state index is 0.0696. The van der Waals surface area contributed by atoms with Crippen LogP contribution in [0.1, 0.15) is 20.8 Å². The van der Waals surface area contributed by atoms with Crippen LogP contribution in [-0.2, 0) is 14.3 Å². The van der Waals surface area contributed by atoms with Crippen molar-refractivity contribution in [1.29, 1.82) is 0 Å². The van der Waals surface area contributed by atoms with E-state index in [4.69, 9.17) is 9.47 Å². The van der Waals surface area contributed by atoms with Crippen LogP contribution in [0.3, 0.4) is 0 Å². The Morgan fingerprint density at radius 2 is 2.00 bits per heavy atom. The zero-order valence-corrected chi connectivity index (χ0v) is 10.9. The number of amides is 1. The standard InChI is InChI=1S/C12H22N2O3/c1-9-4-14(5-10(2)17-9)11(15)6-16-12(3)7-13-8-12/h9-10,13H,4-8H2,1-3H3. The molecule has 5 heteroatoms. The fourth-order valence-electron chi connectivity index (χ4n) is 2.29. The van der Waals surface area contributed by atoms with E-state index in [-0.39, 0.29) is 30.3 Å². The molecule has 1 N–H and O–H groups in total. The molecule has 2 atom stereocenters. The Labute approximate surface area is 102 Å². The van der Waals surface area contributed by atoms with Crippen LogP contribution in [0.25, 0.3) is 0 Å².